The average Bonchev–Trinajstić information content (AvgIpc) is 3.13. The van der Waals surface area contributed by atoms with Crippen molar-refractivity contribution < 1.29 is 4.79 Å². The monoisotopic (exact) mass is 354 g/mol. The van der Waals surface area contributed by atoms with E-state index in [1.54, 1.807) is 11.3 Å². The molecular formula is C17H14N4OS2. The van der Waals surface area contributed by atoms with Gasteiger partial charge in [0.15, 0.2) is 0 Å². The van der Waals surface area contributed by atoms with Crippen molar-refractivity contribution in [3.8, 4) is 6.07 Å². The van der Waals surface area contributed by atoms with Crippen molar-refractivity contribution in [3.63, 3.8) is 0 Å². The van der Waals surface area contributed by atoms with Gasteiger partial charge in [0.1, 0.15) is 10.4 Å². The fourth-order valence-corrected chi connectivity index (χ4v) is 5.68. The van der Waals surface area contributed by atoms with Crippen LogP contribution < -0.4 is 11.5 Å². The first-order chi connectivity index (χ1) is 11.5. The zero-order valence-electron chi connectivity index (χ0n) is 12.7. The second kappa shape index (κ2) is 5.30. The quantitative estimate of drug-likeness (QED) is 0.738. The topological polar surface area (TPSA) is 106 Å². The van der Waals surface area contributed by atoms with Crippen molar-refractivity contribution in [1.29, 1.82) is 5.26 Å². The number of hydrogen-bond donors (Lipinski definition) is 2. The number of thiophene rings is 1. The average molecular weight is 354 g/mol. The highest BCUT2D eigenvalue weighted by atomic mass is 32.1. The number of nitrogen functional groups attached to an aromatic ring is 1. The smallest absolute Gasteiger partial charge is 0.251 e. The van der Waals surface area contributed by atoms with E-state index in [2.05, 4.69) is 6.07 Å². The number of fused-ring (bicyclic) bond motifs is 2. The molecule has 2 heterocycles. The third-order valence-corrected chi connectivity index (χ3v) is 6.85. The van der Waals surface area contributed by atoms with Gasteiger partial charge in [-0.2, -0.15) is 5.26 Å². The number of para-hydroxylation sites is 1. The second-order valence-corrected chi connectivity index (χ2v) is 8.13. The van der Waals surface area contributed by atoms with Gasteiger partial charge in [-0.05, 0) is 30.5 Å². The van der Waals surface area contributed by atoms with Gasteiger partial charge in [-0.1, -0.05) is 12.1 Å². The molecule has 1 aliphatic carbocycles. The van der Waals surface area contributed by atoms with Crippen molar-refractivity contribution in [1.82, 2.24) is 4.98 Å². The Labute approximate surface area is 146 Å². The second-order valence-electron chi connectivity index (χ2n) is 5.96. The maximum absolute atomic E-state index is 11.6. The zero-order chi connectivity index (χ0) is 16.9. The van der Waals surface area contributed by atoms with E-state index in [1.165, 1.54) is 11.3 Å². The van der Waals surface area contributed by atoms with E-state index in [4.69, 9.17) is 16.5 Å². The molecule has 0 saturated carbocycles. The van der Waals surface area contributed by atoms with Crippen LogP contribution in [0.4, 0.5) is 5.00 Å². The summed E-state index contributed by atoms with van der Waals surface area (Å²) in [6.45, 7) is 0. The van der Waals surface area contributed by atoms with Crippen molar-refractivity contribution in [2.75, 3.05) is 5.73 Å². The summed E-state index contributed by atoms with van der Waals surface area (Å²) in [6, 6.07) is 10.4. The lowest BCUT2D eigenvalue weighted by molar-refractivity contribution is 0.100. The van der Waals surface area contributed by atoms with Crippen LogP contribution in [0.15, 0.2) is 24.3 Å². The molecular weight excluding hydrogens is 340 g/mol. The largest absolute Gasteiger partial charge is 0.390 e. The molecule has 4 N–H and O–H groups in total. The summed E-state index contributed by atoms with van der Waals surface area (Å²) in [6.07, 6.45) is 1.76. The van der Waals surface area contributed by atoms with E-state index in [0.717, 1.165) is 25.7 Å². The molecule has 0 saturated heterocycles. The highest BCUT2D eigenvalue weighted by molar-refractivity contribution is 7.18. The molecule has 1 aliphatic rings. The van der Waals surface area contributed by atoms with E-state index in [9.17, 15) is 10.1 Å². The van der Waals surface area contributed by atoms with Gasteiger partial charge in [-0.15, -0.1) is 22.7 Å². The molecule has 2 aromatic heterocycles. The van der Waals surface area contributed by atoms with Gasteiger partial charge in [0.25, 0.3) is 5.91 Å². The molecule has 5 nitrogen and oxygen atoms in total. The maximum Gasteiger partial charge on any atom is 0.251 e. The van der Waals surface area contributed by atoms with Gasteiger partial charge in [0.05, 0.1) is 26.9 Å². The summed E-state index contributed by atoms with van der Waals surface area (Å²) in [5, 5.41) is 11.2. The van der Waals surface area contributed by atoms with Crippen LogP contribution in [0.25, 0.3) is 10.2 Å². The maximum atomic E-state index is 11.6. The summed E-state index contributed by atoms with van der Waals surface area (Å²) in [5.74, 6) is -0.491. The molecule has 1 atom stereocenters. The molecule has 0 bridgehead atoms. The third kappa shape index (κ3) is 2.11. The minimum absolute atomic E-state index is 0.436. The number of carbonyl (C=O) groups excluding carboxylic acids is 1. The highest BCUT2D eigenvalue weighted by Crippen LogP contribution is 2.45. The van der Waals surface area contributed by atoms with Crippen LogP contribution in [0.2, 0.25) is 0 Å². The molecule has 0 fully saturated rings. The molecule has 3 aromatic rings. The van der Waals surface area contributed by atoms with Gasteiger partial charge in [-0.25, -0.2) is 4.98 Å². The number of nitrogens with two attached hydrogens (primary N) is 2. The van der Waals surface area contributed by atoms with Crippen LogP contribution in [-0.4, -0.2) is 10.9 Å². The lowest BCUT2D eigenvalue weighted by Crippen LogP contribution is -2.31. The molecule has 7 heteroatoms. The first kappa shape index (κ1) is 15.1. The molecule has 0 radical (unpaired) electrons. The van der Waals surface area contributed by atoms with Gasteiger partial charge >= 0.3 is 0 Å². The fourth-order valence-electron chi connectivity index (χ4n) is 3.31. The van der Waals surface area contributed by atoms with Gasteiger partial charge in [-0.3, -0.25) is 4.79 Å². The molecule has 24 heavy (non-hydrogen) atoms. The Morgan fingerprint density at radius 2 is 2.12 bits per heavy atom. The Balaban J connectivity index is 1.82. The number of anilines is 1. The molecule has 4 rings (SSSR count). The van der Waals surface area contributed by atoms with E-state index in [-0.39, 0.29) is 0 Å². The summed E-state index contributed by atoms with van der Waals surface area (Å²) in [4.78, 5) is 17.3. The van der Waals surface area contributed by atoms with Crippen molar-refractivity contribution >= 4 is 43.8 Å². The number of aromatic nitrogens is 1. The normalized spacial score (nSPS) is 19.8. The lowest BCUT2D eigenvalue weighted by Gasteiger charge is -2.28. The lowest BCUT2D eigenvalue weighted by atomic mass is 9.75. The summed E-state index contributed by atoms with van der Waals surface area (Å²) >= 11 is 2.93. The minimum Gasteiger partial charge on any atom is -0.390 e. The minimum atomic E-state index is -0.664. The number of rotatable bonds is 2. The van der Waals surface area contributed by atoms with Crippen LogP contribution in [0.3, 0.4) is 0 Å². The molecule has 0 aliphatic heterocycles. The predicted octanol–water partition coefficient (Wildman–Crippen LogP) is 2.99. The van der Waals surface area contributed by atoms with E-state index in [0.29, 0.717) is 29.8 Å². The Morgan fingerprint density at radius 1 is 1.33 bits per heavy atom. The first-order valence-corrected chi connectivity index (χ1v) is 9.14. The molecule has 120 valence electrons. The summed E-state index contributed by atoms with van der Waals surface area (Å²) < 4.78 is 1.08. The number of carbonyl (C=O) groups is 1. The third-order valence-electron chi connectivity index (χ3n) is 4.55. The van der Waals surface area contributed by atoms with Crippen LogP contribution in [0, 0.1) is 11.3 Å². The summed E-state index contributed by atoms with van der Waals surface area (Å²) in [5.41, 5.74) is 13.0. The number of primary amides is 1. The Hall–Kier alpha value is -2.43. The molecule has 1 aromatic carbocycles. The Morgan fingerprint density at radius 3 is 2.83 bits per heavy atom. The Bertz CT molecular complexity index is 980. The van der Waals surface area contributed by atoms with E-state index < -0.39 is 11.3 Å². The van der Waals surface area contributed by atoms with Gasteiger partial charge in [0.2, 0.25) is 0 Å². The number of thiazole rings is 1. The first-order valence-electron chi connectivity index (χ1n) is 7.51. The standard InChI is InChI=1S/C17H14N4OS2/c18-8-17(16-21-10-3-1-2-4-11(10)24-16)6-5-9-12(7-17)23-15(20)13(9)14(19)22/h1-4H,5-7,20H2,(H2,19,22). The number of benzene rings is 1. The molecule has 1 unspecified atom stereocenters. The summed E-state index contributed by atoms with van der Waals surface area (Å²) in [7, 11) is 0. The van der Waals surface area contributed by atoms with Crippen LogP contribution in [0.1, 0.15) is 32.2 Å². The number of nitrogens with zero attached hydrogens (tertiary/aromatic N) is 2. The number of nitriles is 1. The zero-order valence-corrected chi connectivity index (χ0v) is 14.3. The van der Waals surface area contributed by atoms with E-state index >= 15 is 0 Å². The Kier molecular flexibility index (Phi) is 3.34. The molecule has 1 amide bonds. The fraction of sp³-hybridized carbons (Fsp3) is 0.235. The van der Waals surface area contributed by atoms with Crippen LogP contribution in [0.5, 0.6) is 0 Å². The van der Waals surface area contributed by atoms with Gasteiger partial charge in [0, 0.05) is 11.3 Å². The molecule has 0 spiro atoms. The predicted molar refractivity (Wildman–Crippen MR) is 96.2 cm³/mol. The number of amides is 1. The van der Waals surface area contributed by atoms with Crippen molar-refractivity contribution in [2.45, 2.75) is 24.7 Å². The van der Waals surface area contributed by atoms with Crippen molar-refractivity contribution in [2.24, 2.45) is 5.73 Å². The van der Waals surface area contributed by atoms with Crippen molar-refractivity contribution in [3.05, 3.63) is 45.3 Å². The van der Waals surface area contributed by atoms with Crippen LogP contribution >= 0.6 is 22.7 Å². The van der Waals surface area contributed by atoms with Gasteiger partial charge < -0.3 is 11.5 Å². The number of hydrogen-bond acceptors (Lipinski definition) is 6. The van der Waals surface area contributed by atoms with E-state index in [1.807, 2.05) is 24.3 Å². The highest BCUT2D eigenvalue weighted by Gasteiger charge is 2.41. The van der Waals surface area contributed by atoms with Crippen LogP contribution in [-0.2, 0) is 18.3 Å². The SMILES string of the molecule is N#CC1(c2nc3ccccc3s2)CCc2c(sc(N)c2C(N)=O)C1.